The number of nitro groups is 1. The molecule has 1 aliphatic rings. The van der Waals surface area contributed by atoms with Gasteiger partial charge in [-0.15, -0.1) is 0 Å². The molecule has 0 bridgehead atoms. The number of methoxy groups -OCH3 is 1. The Kier molecular flexibility index (Phi) is 10.1. The summed E-state index contributed by atoms with van der Waals surface area (Å²) >= 11 is 1.23. The SMILES string of the molecule is COC(=O)NC(=NC1C(=N)C=C(OS(=O)(=O)c2ccc(C)cc2)C=C1Cc1ccc([N+](=O)[O-])cc1)SCc1ccccc1. The number of ether oxygens (including phenoxy) is 1. The Morgan fingerprint density at radius 3 is 2.33 bits per heavy atom. The molecule has 3 aromatic carbocycles. The predicted octanol–water partition coefficient (Wildman–Crippen LogP) is 5.71. The molecule has 43 heavy (non-hydrogen) atoms. The van der Waals surface area contributed by atoms with E-state index in [9.17, 15) is 23.3 Å². The number of hydrogen-bond acceptors (Lipinski definition) is 10. The number of benzene rings is 3. The molecule has 11 nitrogen and oxygen atoms in total. The van der Waals surface area contributed by atoms with Crippen molar-refractivity contribution in [1.29, 1.82) is 5.41 Å². The van der Waals surface area contributed by atoms with Crippen molar-refractivity contribution in [2.75, 3.05) is 7.11 Å². The van der Waals surface area contributed by atoms with Gasteiger partial charge in [0.2, 0.25) is 0 Å². The van der Waals surface area contributed by atoms with Gasteiger partial charge in [0, 0.05) is 24.0 Å². The van der Waals surface area contributed by atoms with Gasteiger partial charge in [-0.05, 0) is 48.3 Å². The van der Waals surface area contributed by atoms with E-state index in [1.807, 2.05) is 37.3 Å². The van der Waals surface area contributed by atoms with Crippen LogP contribution in [0.1, 0.15) is 16.7 Å². The summed E-state index contributed by atoms with van der Waals surface area (Å²) < 4.78 is 36.2. The maximum absolute atomic E-state index is 13.0. The van der Waals surface area contributed by atoms with Gasteiger partial charge in [0.15, 0.2) is 5.17 Å². The fourth-order valence-corrected chi connectivity index (χ4v) is 5.77. The van der Waals surface area contributed by atoms with E-state index in [0.29, 0.717) is 16.9 Å². The van der Waals surface area contributed by atoms with Gasteiger partial charge in [0.05, 0.1) is 17.7 Å². The van der Waals surface area contributed by atoms with Crippen LogP contribution in [-0.4, -0.2) is 43.5 Å². The minimum atomic E-state index is -4.21. The average molecular weight is 621 g/mol. The lowest BCUT2D eigenvalue weighted by molar-refractivity contribution is -0.384. The van der Waals surface area contributed by atoms with Crippen molar-refractivity contribution in [2.45, 2.75) is 30.0 Å². The molecule has 4 rings (SSSR count). The quantitative estimate of drug-likeness (QED) is 0.101. The summed E-state index contributed by atoms with van der Waals surface area (Å²) in [6, 6.07) is 20.6. The molecule has 0 saturated carbocycles. The normalized spacial score (nSPS) is 15.3. The maximum Gasteiger partial charge on any atom is 0.412 e. The monoisotopic (exact) mass is 620 g/mol. The Bertz CT molecular complexity index is 1700. The number of aliphatic imine (C=N–C) groups is 1. The Morgan fingerprint density at radius 2 is 1.70 bits per heavy atom. The summed E-state index contributed by atoms with van der Waals surface area (Å²) in [5.74, 6) is 0.373. The van der Waals surface area contributed by atoms with E-state index in [1.165, 1.54) is 55.3 Å². The highest BCUT2D eigenvalue weighted by molar-refractivity contribution is 8.13. The molecular formula is C30H28N4O7S2. The van der Waals surface area contributed by atoms with Crippen molar-refractivity contribution in [3.05, 3.63) is 129 Å². The number of thioether (sulfide) groups is 1. The van der Waals surface area contributed by atoms with Crippen LogP contribution in [0.4, 0.5) is 10.5 Å². The summed E-state index contributed by atoms with van der Waals surface area (Å²) in [5.41, 5.74) is 2.82. The number of rotatable bonds is 9. The largest absolute Gasteiger partial charge is 0.453 e. The molecule has 2 N–H and O–H groups in total. The van der Waals surface area contributed by atoms with Crippen LogP contribution < -0.4 is 5.32 Å². The van der Waals surface area contributed by atoms with Crippen molar-refractivity contribution in [1.82, 2.24) is 5.32 Å². The van der Waals surface area contributed by atoms with E-state index in [-0.39, 0.29) is 33.6 Å². The van der Waals surface area contributed by atoms with Gasteiger partial charge in [-0.3, -0.25) is 15.4 Å². The molecule has 0 radical (unpaired) electrons. The number of carbonyl (C=O) groups is 1. The van der Waals surface area contributed by atoms with Crippen LogP contribution in [0.5, 0.6) is 0 Å². The molecule has 0 heterocycles. The second kappa shape index (κ2) is 13.9. The summed E-state index contributed by atoms with van der Waals surface area (Å²) in [6.07, 6.45) is 2.16. The molecule has 0 saturated heterocycles. The molecule has 0 aromatic heterocycles. The van der Waals surface area contributed by atoms with E-state index in [0.717, 1.165) is 11.1 Å². The van der Waals surface area contributed by atoms with Crippen LogP contribution in [0, 0.1) is 22.4 Å². The van der Waals surface area contributed by atoms with E-state index in [1.54, 1.807) is 24.3 Å². The van der Waals surface area contributed by atoms with Crippen LogP contribution in [0.15, 0.2) is 112 Å². The highest BCUT2D eigenvalue weighted by atomic mass is 32.2. The van der Waals surface area contributed by atoms with Crippen LogP contribution in [0.25, 0.3) is 0 Å². The Balaban J connectivity index is 1.69. The number of nitro benzene ring substituents is 1. The van der Waals surface area contributed by atoms with Crippen LogP contribution in [0.2, 0.25) is 0 Å². The van der Waals surface area contributed by atoms with E-state index in [2.05, 4.69) is 10.3 Å². The minimum absolute atomic E-state index is 0.0436. The molecule has 1 unspecified atom stereocenters. The topological polar surface area (TPSA) is 161 Å². The summed E-state index contributed by atoms with van der Waals surface area (Å²) in [7, 11) is -2.99. The molecule has 0 aliphatic heterocycles. The number of aryl methyl sites for hydroxylation is 1. The molecule has 0 fully saturated rings. The third kappa shape index (κ3) is 8.63. The molecular weight excluding hydrogens is 592 g/mol. The Hall–Kier alpha value is -4.75. The van der Waals surface area contributed by atoms with Gasteiger partial charge >= 0.3 is 16.2 Å². The standard InChI is InChI=1S/C30H28N4O7S2/c1-20-8-14-26(15-9-20)43(38,39)41-25-17-23(16-21-10-12-24(13-11-21)34(36)37)28(27(31)18-25)32-29(33-30(35)40-2)42-19-22-6-4-3-5-7-22/h3-15,17-18,28,31H,16,19H2,1-2H3,(H,32,33,35). The van der Waals surface area contributed by atoms with Crippen LogP contribution in [0.3, 0.4) is 0 Å². The number of hydrogen-bond donors (Lipinski definition) is 2. The lowest BCUT2D eigenvalue weighted by atomic mass is 9.91. The number of nitrogens with zero attached hydrogens (tertiary/aromatic N) is 2. The first-order valence-corrected chi connectivity index (χ1v) is 15.3. The lowest BCUT2D eigenvalue weighted by Crippen LogP contribution is -2.32. The molecule has 13 heteroatoms. The number of amides is 1. The van der Waals surface area contributed by atoms with Crippen LogP contribution in [-0.2, 0) is 31.2 Å². The van der Waals surface area contributed by atoms with E-state index >= 15 is 0 Å². The van der Waals surface area contributed by atoms with Gasteiger partial charge in [-0.2, -0.15) is 8.42 Å². The first-order chi connectivity index (χ1) is 20.5. The summed E-state index contributed by atoms with van der Waals surface area (Å²) in [4.78, 5) is 27.4. The summed E-state index contributed by atoms with van der Waals surface area (Å²) in [5, 5.41) is 22.7. The van der Waals surface area contributed by atoms with Crippen molar-refractivity contribution in [3.8, 4) is 0 Å². The minimum Gasteiger partial charge on any atom is -0.453 e. The molecule has 1 amide bonds. The zero-order valence-electron chi connectivity index (χ0n) is 23.2. The highest BCUT2D eigenvalue weighted by Gasteiger charge is 2.27. The van der Waals surface area contributed by atoms with E-state index < -0.39 is 27.2 Å². The molecule has 3 aromatic rings. The zero-order valence-corrected chi connectivity index (χ0v) is 24.9. The lowest BCUT2D eigenvalue weighted by Gasteiger charge is -2.23. The highest BCUT2D eigenvalue weighted by Crippen LogP contribution is 2.28. The van der Waals surface area contributed by atoms with Gasteiger partial charge in [-0.1, -0.05) is 71.9 Å². The van der Waals surface area contributed by atoms with Crippen molar-refractivity contribution in [3.63, 3.8) is 0 Å². The average Bonchev–Trinajstić information content (AvgIpc) is 2.98. The number of carbonyl (C=O) groups excluding carboxylic acids is 1. The fourth-order valence-electron chi connectivity index (χ4n) is 4.02. The first-order valence-electron chi connectivity index (χ1n) is 12.9. The van der Waals surface area contributed by atoms with Crippen molar-refractivity contribution < 1.29 is 27.1 Å². The predicted molar refractivity (Wildman–Crippen MR) is 165 cm³/mol. The van der Waals surface area contributed by atoms with Crippen LogP contribution >= 0.6 is 11.8 Å². The van der Waals surface area contributed by atoms with Crippen molar-refractivity contribution in [2.24, 2.45) is 4.99 Å². The van der Waals surface area contributed by atoms with Crippen molar-refractivity contribution >= 4 is 44.5 Å². The fraction of sp³-hybridized carbons (Fsp3) is 0.167. The van der Waals surface area contributed by atoms with Gasteiger partial charge in [-0.25, -0.2) is 9.79 Å². The number of non-ortho nitro benzene ring substituents is 1. The molecule has 1 aliphatic carbocycles. The second-order valence-corrected chi connectivity index (χ2v) is 11.9. The number of alkyl carbamates (subject to hydrolysis) is 1. The van der Waals surface area contributed by atoms with Gasteiger partial charge in [0.25, 0.3) is 5.69 Å². The molecule has 1 atom stereocenters. The van der Waals surface area contributed by atoms with Gasteiger partial charge < -0.3 is 14.3 Å². The first kappa shape index (κ1) is 31.2. The van der Waals surface area contributed by atoms with Gasteiger partial charge in [0.1, 0.15) is 16.7 Å². The third-order valence-electron chi connectivity index (χ3n) is 6.20. The maximum atomic E-state index is 13.0. The summed E-state index contributed by atoms with van der Waals surface area (Å²) in [6.45, 7) is 1.83. The smallest absolute Gasteiger partial charge is 0.412 e. The number of amidine groups is 1. The Labute approximate surface area is 253 Å². The Morgan fingerprint density at radius 1 is 1.02 bits per heavy atom. The molecule has 222 valence electrons. The zero-order chi connectivity index (χ0) is 31.0. The number of nitrogens with one attached hydrogen (secondary N) is 2. The number of allylic oxidation sites excluding steroid dienone is 1. The third-order valence-corrected chi connectivity index (χ3v) is 8.42. The second-order valence-electron chi connectivity index (χ2n) is 9.40. The molecule has 0 spiro atoms. The van der Waals surface area contributed by atoms with E-state index in [4.69, 9.17) is 14.3 Å².